The molecule has 0 amide bonds. The zero-order valence-corrected chi connectivity index (χ0v) is 12.9. The monoisotopic (exact) mass is 326 g/mol. The maximum absolute atomic E-state index is 11.2. The van der Waals surface area contributed by atoms with Crippen molar-refractivity contribution in [2.24, 2.45) is 0 Å². The lowest BCUT2D eigenvalue weighted by atomic mass is 10.0. The van der Waals surface area contributed by atoms with Crippen molar-refractivity contribution >= 4 is 5.97 Å². The first kappa shape index (κ1) is 15.9. The van der Waals surface area contributed by atoms with Gasteiger partial charge in [0.15, 0.2) is 6.10 Å². The number of aryl methyl sites for hydroxylation is 1. The first-order chi connectivity index (χ1) is 11.6. The highest BCUT2D eigenvalue weighted by Crippen LogP contribution is 2.20. The molecule has 1 aromatic carbocycles. The van der Waals surface area contributed by atoms with E-state index in [1.165, 1.54) is 4.68 Å². The second kappa shape index (κ2) is 7.10. The Balaban J connectivity index is 1.75. The highest BCUT2D eigenvalue weighted by atomic mass is 16.4. The molecule has 0 radical (unpaired) electrons. The number of aliphatic hydroxyl groups excluding tert-OH is 1. The molecule has 0 aliphatic carbocycles. The first-order valence-electron chi connectivity index (χ1n) is 7.64. The predicted octanol–water partition coefficient (Wildman–Crippen LogP) is 1.69. The van der Waals surface area contributed by atoms with E-state index >= 15 is 0 Å². The molecule has 2 N–H and O–H groups in total. The molecule has 2 atom stereocenters. The topological polar surface area (TPSA) is 93.2 Å². The van der Waals surface area contributed by atoms with Crippen LogP contribution >= 0.6 is 0 Å². The number of rotatable bonds is 7. The van der Waals surface area contributed by atoms with Crippen LogP contribution in [0.3, 0.4) is 0 Å². The molecule has 0 saturated carbocycles. The van der Waals surface area contributed by atoms with Gasteiger partial charge in [-0.05, 0) is 42.7 Å². The number of benzene rings is 1. The Morgan fingerprint density at radius 2 is 1.92 bits per heavy atom. The van der Waals surface area contributed by atoms with Crippen LogP contribution in [-0.4, -0.2) is 41.8 Å². The second-order valence-corrected chi connectivity index (χ2v) is 5.50. The lowest BCUT2D eigenvalue weighted by molar-refractivity contribution is -0.149. The fourth-order valence-corrected chi connectivity index (χ4v) is 2.67. The van der Waals surface area contributed by atoms with Crippen molar-refractivity contribution in [3.63, 3.8) is 0 Å². The number of aliphatic carboxylic acids is 1. The van der Waals surface area contributed by atoms with Gasteiger partial charge in [-0.25, -0.2) is 9.48 Å². The molecule has 0 saturated heterocycles. The van der Waals surface area contributed by atoms with Gasteiger partial charge < -0.3 is 10.2 Å². The van der Waals surface area contributed by atoms with Gasteiger partial charge in [0.2, 0.25) is 0 Å². The van der Waals surface area contributed by atoms with Crippen LogP contribution in [0.5, 0.6) is 0 Å². The molecular formula is C17H18N4O3. The van der Waals surface area contributed by atoms with Gasteiger partial charge in [-0.1, -0.05) is 12.1 Å². The van der Waals surface area contributed by atoms with E-state index in [1.807, 2.05) is 36.5 Å². The Kier molecular flexibility index (Phi) is 4.72. The lowest BCUT2D eigenvalue weighted by Gasteiger charge is -2.20. The van der Waals surface area contributed by atoms with E-state index in [9.17, 15) is 9.90 Å². The Morgan fingerprint density at radius 3 is 2.58 bits per heavy atom. The van der Waals surface area contributed by atoms with Crippen molar-refractivity contribution in [2.45, 2.75) is 25.0 Å². The summed E-state index contributed by atoms with van der Waals surface area (Å²) >= 11 is 0. The number of carboxylic acid groups (broad SMARTS) is 1. The predicted molar refractivity (Wildman–Crippen MR) is 86.8 cm³/mol. The summed E-state index contributed by atoms with van der Waals surface area (Å²) < 4.78 is 3.26. The number of carboxylic acids is 1. The molecule has 0 aliphatic rings. The first-order valence-corrected chi connectivity index (χ1v) is 7.64. The summed E-state index contributed by atoms with van der Waals surface area (Å²) in [6.45, 7) is 0. The van der Waals surface area contributed by atoms with Gasteiger partial charge in [0.1, 0.15) is 0 Å². The number of aliphatic hydroxyl groups is 1. The van der Waals surface area contributed by atoms with E-state index < -0.39 is 18.1 Å². The number of carbonyl (C=O) groups is 1. The third-order valence-corrected chi connectivity index (χ3v) is 3.89. The highest BCUT2D eigenvalue weighted by molar-refractivity contribution is 5.72. The van der Waals surface area contributed by atoms with E-state index in [0.29, 0.717) is 12.8 Å². The second-order valence-electron chi connectivity index (χ2n) is 5.50. The molecule has 0 fully saturated rings. The van der Waals surface area contributed by atoms with Crippen molar-refractivity contribution in [1.82, 2.24) is 19.6 Å². The number of hydrogen-bond acceptors (Lipinski definition) is 4. The van der Waals surface area contributed by atoms with Crippen LogP contribution in [0.25, 0.3) is 5.69 Å². The Bertz CT molecular complexity index is 784. The fourth-order valence-electron chi connectivity index (χ4n) is 2.67. The van der Waals surface area contributed by atoms with Crippen LogP contribution < -0.4 is 0 Å². The minimum absolute atomic E-state index is 0.456. The van der Waals surface area contributed by atoms with E-state index in [2.05, 4.69) is 10.2 Å². The van der Waals surface area contributed by atoms with Crippen molar-refractivity contribution < 1.29 is 15.0 Å². The van der Waals surface area contributed by atoms with E-state index in [-0.39, 0.29) is 0 Å². The zero-order chi connectivity index (χ0) is 16.9. The zero-order valence-electron chi connectivity index (χ0n) is 12.9. The van der Waals surface area contributed by atoms with Gasteiger partial charge in [0, 0.05) is 24.8 Å². The third-order valence-electron chi connectivity index (χ3n) is 3.89. The smallest absolute Gasteiger partial charge is 0.334 e. The minimum atomic E-state index is -1.50. The molecular weight excluding hydrogens is 308 g/mol. The van der Waals surface area contributed by atoms with E-state index in [1.54, 1.807) is 29.3 Å². The van der Waals surface area contributed by atoms with Crippen LogP contribution in [0.15, 0.2) is 61.2 Å². The lowest BCUT2D eigenvalue weighted by Crippen LogP contribution is -2.32. The van der Waals surface area contributed by atoms with E-state index in [4.69, 9.17) is 5.11 Å². The van der Waals surface area contributed by atoms with Crippen LogP contribution in [0.4, 0.5) is 0 Å². The van der Waals surface area contributed by atoms with Gasteiger partial charge in [-0.3, -0.25) is 4.68 Å². The Labute approximate surface area is 138 Å². The van der Waals surface area contributed by atoms with Gasteiger partial charge in [-0.15, -0.1) is 0 Å². The maximum atomic E-state index is 11.2. The highest BCUT2D eigenvalue weighted by Gasteiger charge is 2.27. The molecule has 0 aliphatic heterocycles. The average molecular weight is 326 g/mol. The normalized spacial score (nSPS) is 13.5. The molecule has 3 aromatic rings. The molecule has 2 aromatic heterocycles. The van der Waals surface area contributed by atoms with Crippen LogP contribution in [-0.2, 0) is 11.2 Å². The maximum Gasteiger partial charge on any atom is 0.334 e. The summed E-state index contributed by atoms with van der Waals surface area (Å²) in [6, 6.07) is 10.8. The molecule has 2 unspecified atom stereocenters. The van der Waals surface area contributed by atoms with Crippen LogP contribution in [0.2, 0.25) is 0 Å². The summed E-state index contributed by atoms with van der Waals surface area (Å²) in [4.78, 5) is 11.2. The molecule has 0 bridgehead atoms. The van der Waals surface area contributed by atoms with Gasteiger partial charge in [0.05, 0.1) is 11.7 Å². The van der Waals surface area contributed by atoms with Gasteiger partial charge in [0.25, 0.3) is 0 Å². The van der Waals surface area contributed by atoms with Crippen molar-refractivity contribution in [1.29, 1.82) is 0 Å². The summed E-state index contributed by atoms with van der Waals surface area (Å²) in [5.74, 6) is -1.25. The van der Waals surface area contributed by atoms with Gasteiger partial charge >= 0.3 is 5.97 Å². The van der Waals surface area contributed by atoms with Crippen molar-refractivity contribution in [3.05, 3.63) is 66.7 Å². The molecule has 24 heavy (non-hydrogen) atoms. The standard InChI is InChI=1S/C17H18N4O3/c22-16(17(23)24)15(21-11-3-9-19-21)7-6-13-4-1-5-14(12-13)20-10-2-8-18-20/h1-5,8-12,15-16,22H,6-7H2,(H,23,24). The summed E-state index contributed by atoms with van der Waals surface area (Å²) in [7, 11) is 0. The fraction of sp³-hybridized carbons (Fsp3) is 0.235. The Morgan fingerprint density at radius 1 is 1.12 bits per heavy atom. The molecule has 3 rings (SSSR count). The number of hydrogen-bond donors (Lipinski definition) is 2. The van der Waals surface area contributed by atoms with Crippen molar-refractivity contribution in [2.75, 3.05) is 0 Å². The summed E-state index contributed by atoms with van der Waals surface area (Å²) in [5.41, 5.74) is 1.98. The SMILES string of the molecule is O=C(O)C(O)C(CCc1cccc(-n2cccn2)c1)n1cccn1. The summed E-state index contributed by atoms with van der Waals surface area (Å²) in [5, 5.41) is 27.4. The Hall–Kier alpha value is -2.93. The molecule has 124 valence electrons. The average Bonchev–Trinajstić information content (AvgIpc) is 3.29. The quantitative estimate of drug-likeness (QED) is 0.689. The molecule has 7 heteroatoms. The van der Waals surface area contributed by atoms with E-state index in [0.717, 1.165) is 11.3 Å². The molecule has 7 nitrogen and oxygen atoms in total. The minimum Gasteiger partial charge on any atom is -0.479 e. The third kappa shape index (κ3) is 3.52. The van der Waals surface area contributed by atoms with Crippen molar-refractivity contribution in [3.8, 4) is 5.69 Å². The van der Waals surface area contributed by atoms with Crippen LogP contribution in [0, 0.1) is 0 Å². The number of aromatic nitrogens is 4. The largest absolute Gasteiger partial charge is 0.479 e. The van der Waals surface area contributed by atoms with Gasteiger partial charge in [-0.2, -0.15) is 10.2 Å². The summed E-state index contributed by atoms with van der Waals surface area (Å²) in [6.07, 6.45) is 6.38. The van der Waals surface area contributed by atoms with Crippen LogP contribution in [0.1, 0.15) is 18.0 Å². The molecule has 2 heterocycles. The molecule has 0 spiro atoms. The number of nitrogens with zero attached hydrogens (tertiary/aromatic N) is 4.